The van der Waals surface area contributed by atoms with Crippen molar-refractivity contribution in [1.29, 1.82) is 0 Å². The number of halogens is 1. The fraction of sp³-hybridized carbons (Fsp3) is 0.148. The third kappa shape index (κ3) is 3.08. The summed E-state index contributed by atoms with van der Waals surface area (Å²) in [6.45, 7) is 4.22. The normalized spacial score (nSPS) is 15.6. The van der Waals surface area contributed by atoms with E-state index in [4.69, 9.17) is 4.42 Å². The predicted molar refractivity (Wildman–Crippen MR) is 131 cm³/mol. The van der Waals surface area contributed by atoms with E-state index in [9.17, 15) is 14.0 Å². The van der Waals surface area contributed by atoms with Crippen LogP contribution >= 0.6 is 11.3 Å². The highest BCUT2D eigenvalue weighted by atomic mass is 32.1. The van der Waals surface area contributed by atoms with Crippen molar-refractivity contribution in [1.82, 2.24) is 4.98 Å². The molecule has 3 heterocycles. The van der Waals surface area contributed by atoms with Crippen LogP contribution in [0.15, 0.2) is 75.9 Å². The summed E-state index contributed by atoms with van der Waals surface area (Å²) in [5.41, 5.74) is 2.94. The van der Waals surface area contributed by atoms with E-state index in [1.165, 1.54) is 28.4 Å². The standard InChI is InChI=1S/C27H19FN2O3S/c1-14(2)15-7-9-16(10-8-15)23-22-24(31)18-5-3-4-6-20(18)33-25(22)26(32)30(23)27-29-19-12-11-17(28)13-21(19)34-27/h3-14,23H,1-2H3/t23-/m0/s1. The van der Waals surface area contributed by atoms with Crippen LogP contribution in [0.2, 0.25) is 0 Å². The molecule has 1 atom stereocenters. The number of aromatic nitrogens is 1. The Hall–Kier alpha value is -3.84. The molecule has 0 bridgehead atoms. The van der Waals surface area contributed by atoms with Crippen LogP contribution in [-0.2, 0) is 0 Å². The Kier molecular flexibility index (Phi) is 4.64. The third-order valence-corrected chi connectivity index (χ3v) is 7.26. The van der Waals surface area contributed by atoms with Crippen LogP contribution < -0.4 is 10.3 Å². The molecule has 0 aliphatic carbocycles. The van der Waals surface area contributed by atoms with Crippen molar-refractivity contribution < 1.29 is 13.6 Å². The number of benzene rings is 3. The second kappa shape index (κ2) is 7.60. The predicted octanol–water partition coefficient (Wildman–Crippen LogP) is 6.42. The van der Waals surface area contributed by atoms with Crippen LogP contribution in [0, 0.1) is 5.82 Å². The van der Waals surface area contributed by atoms with E-state index in [0.29, 0.717) is 37.8 Å². The molecule has 6 rings (SSSR count). The summed E-state index contributed by atoms with van der Waals surface area (Å²) in [5, 5.41) is 0.810. The molecule has 2 aromatic heterocycles. The molecule has 5 nitrogen and oxygen atoms in total. The summed E-state index contributed by atoms with van der Waals surface area (Å²) in [6.07, 6.45) is 0. The van der Waals surface area contributed by atoms with E-state index in [2.05, 4.69) is 18.8 Å². The summed E-state index contributed by atoms with van der Waals surface area (Å²) < 4.78 is 20.4. The molecule has 0 saturated heterocycles. The Morgan fingerprint density at radius 3 is 2.56 bits per heavy atom. The number of thiazole rings is 1. The Balaban J connectivity index is 1.61. The maximum Gasteiger partial charge on any atom is 0.297 e. The lowest BCUT2D eigenvalue weighted by Crippen LogP contribution is -2.29. The summed E-state index contributed by atoms with van der Waals surface area (Å²) in [4.78, 5) is 33.4. The molecule has 34 heavy (non-hydrogen) atoms. The summed E-state index contributed by atoms with van der Waals surface area (Å²) in [7, 11) is 0. The highest BCUT2D eigenvalue weighted by molar-refractivity contribution is 7.22. The number of nitrogens with zero attached hydrogens (tertiary/aromatic N) is 2. The van der Waals surface area contributed by atoms with Gasteiger partial charge in [0, 0.05) is 0 Å². The zero-order valence-corrected chi connectivity index (χ0v) is 19.2. The van der Waals surface area contributed by atoms with Gasteiger partial charge in [0.25, 0.3) is 5.91 Å². The number of rotatable bonds is 3. The fourth-order valence-electron chi connectivity index (χ4n) is 4.48. The zero-order valence-electron chi connectivity index (χ0n) is 18.4. The molecule has 1 amide bonds. The molecule has 7 heteroatoms. The molecule has 0 spiro atoms. The van der Waals surface area contributed by atoms with Gasteiger partial charge < -0.3 is 4.42 Å². The summed E-state index contributed by atoms with van der Waals surface area (Å²) in [5.74, 6) is -0.444. The SMILES string of the molecule is CC(C)c1ccc([C@H]2c3c(oc4ccccc4c3=O)C(=O)N2c2nc3ccc(F)cc3s2)cc1. The number of amides is 1. The third-order valence-electron chi connectivity index (χ3n) is 6.24. The first kappa shape index (κ1) is 20.7. The molecule has 0 radical (unpaired) electrons. The van der Waals surface area contributed by atoms with Crippen molar-refractivity contribution in [3.63, 3.8) is 0 Å². The minimum Gasteiger partial charge on any atom is -0.450 e. The van der Waals surface area contributed by atoms with Crippen molar-refractivity contribution >= 4 is 43.6 Å². The molecular weight excluding hydrogens is 451 g/mol. The minimum absolute atomic E-state index is 0.0204. The van der Waals surface area contributed by atoms with Crippen LogP contribution in [0.25, 0.3) is 21.2 Å². The smallest absolute Gasteiger partial charge is 0.297 e. The highest BCUT2D eigenvalue weighted by Crippen LogP contribution is 2.43. The first-order chi connectivity index (χ1) is 16.4. The molecule has 0 N–H and O–H groups in total. The van der Waals surface area contributed by atoms with Crippen molar-refractivity contribution in [2.45, 2.75) is 25.8 Å². The molecule has 1 aliphatic heterocycles. The van der Waals surface area contributed by atoms with Crippen molar-refractivity contribution in [2.75, 3.05) is 4.90 Å². The lowest BCUT2D eigenvalue weighted by atomic mass is 9.95. The number of carbonyl (C=O) groups excluding carboxylic acids is 1. The molecule has 0 fully saturated rings. The fourth-order valence-corrected chi connectivity index (χ4v) is 5.50. The number of hydrogen-bond acceptors (Lipinski definition) is 5. The quantitative estimate of drug-likeness (QED) is 0.305. The van der Waals surface area contributed by atoms with Crippen molar-refractivity contribution in [3.8, 4) is 0 Å². The first-order valence-corrected chi connectivity index (χ1v) is 11.8. The van der Waals surface area contributed by atoms with Crippen LogP contribution in [-0.4, -0.2) is 10.9 Å². The average molecular weight is 471 g/mol. The topological polar surface area (TPSA) is 63.4 Å². The van der Waals surface area contributed by atoms with E-state index in [1.807, 2.05) is 24.3 Å². The number of fused-ring (bicyclic) bond motifs is 3. The van der Waals surface area contributed by atoms with Crippen LogP contribution in [0.1, 0.15) is 53.1 Å². The number of para-hydroxylation sites is 1. The Morgan fingerprint density at radius 2 is 1.79 bits per heavy atom. The largest absolute Gasteiger partial charge is 0.450 e. The number of anilines is 1. The Labute approximate surface area is 198 Å². The zero-order chi connectivity index (χ0) is 23.6. The molecule has 3 aromatic carbocycles. The number of hydrogen-bond donors (Lipinski definition) is 0. The van der Waals surface area contributed by atoms with Crippen LogP contribution in [0.5, 0.6) is 0 Å². The molecular formula is C27H19FN2O3S. The Bertz CT molecular complexity index is 1650. The molecule has 0 unspecified atom stereocenters. The van der Waals surface area contributed by atoms with Gasteiger partial charge in [0.2, 0.25) is 5.76 Å². The van der Waals surface area contributed by atoms with Crippen molar-refractivity contribution in [2.24, 2.45) is 0 Å². The second-order valence-electron chi connectivity index (χ2n) is 8.68. The Morgan fingerprint density at radius 1 is 1.03 bits per heavy atom. The van der Waals surface area contributed by atoms with Gasteiger partial charge in [-0.05, 0) is 47.4 Å². The maximum atomic E-state index is 13.8. The molecule has 5 aromatic rings. The van der Waals surface area contributed by atoms with E-state index < -0.39 is 11.9 Å². The van der Waals surface area contributed by atoms with Gasteiger partial charge in [-0.15, -0.1) is 0 Å². The van der Waals surface area contributed by atoms with Gasteiger partial charge in [-0.1, -0.05) is 61.6 Å². The highest BCUT2D eigenvalue weighted by Gasteiger charge is 2.45. The van der Waals surface area contributed by atoms with Crippen molar-refractivity contribution in [3.05, 3.63) is 105 Å². The number of carbonyl (C=O) groups is 1. The minimum atomic E-state index is -0.699. The summed E-state index contributed by atoms with van der Waals surface area (Å²) in [6, 6.07) is 18.4. The second-order valence-corrected chi connectivity index (χ2v) is 9.69. The van der Waals surface area contributed by atoms with Gasteiger partial charge in [0.05, 0.1) is 27.2 Å². The van der Waals surface area contributed by atoms with Gasteiger partial charge in [-0.25, -0.2) is 9.37 Å². The molecule has 0 saturated carbocycles. The monoisotopic (exact) mass is 470 g/mol. The van der Waals surface area contributed by atoms with E-state index in [1.54, 1.807) is 30.3 Å². The lowest BCUT2D eigenvalue weighted by Gasteiger charge is -2.23. The van der Waals surface area contributed by atoms with E-state index in [-0.39, 0.29) is 17.0 Å². The van der Waals surface area contributed by atoms with Crippen LogP contribution in [0.4, 0.5) is 9.52 Å². The first-order valence-electron chi connectivity index (χ1n) is 11.0. The van der Waals surface area contributed by atoms with Gasteiger partial charge in [0.1, 0.15) is 11.4 Å². The van der Waals surface area contributed by atoms with Crippen LogP contribution in [0.3, 0.4) is 0 Å². The van der Waals surface area contributed by atoms with Gasteiger partial charge in [0.15, 0.2) is 10.6 Å². The maximum absolute atomic E-state index is 13.8. The lowest BCUT2D eigenvalue weighted by molar-refractivity contribution is 0.0971. The van der Waals surface area contributed by atoms with Gasteiger partial charge in [-0.2, -0.15) is 0 Å². The van der Waals surface area contributed by atoms with Gasteiger partial charge >= 0.3 is 0 Å². The summed E-state index contributed by atoms with van der Waals surface area (Å²) >= 11 is 1.21. The van der Waals surface area contributed by atoms with E-state index in [0.717, 1.165) is 11.1 Å². The average Bonchev–Trinajstić information content (AvgIpc) is 3.37. The molecule has 1 aliphatic rings. The van der Waals surface area contributed by atoms with E-state index >= 15 is 0 Å². The van der Waals surface area contributed by atoms with Gasteiger partial charge in [-0.3, -0.25) is 14.5 Å². The molecule has 168 valence electrons.